The average Bonchev–Trinajstić information content (AvgIpc) is 3.06. The zero-order chi connectivity index (χ0) is 37.1. The third kappa shape index (κ3) is 30.3. The van der Waals surface area contributed by atoms with Gasteiger partial charge in [0.05, 0.1) is 40.3 Å². The van der Waals surface area contributed by atoms with E-state index in [0.717, 1.165) is 51.4 Å². The normalized spacial score (nSPS) is 14.2. The number of hydrogen-bond donors (Lipinski definition) is 0. The maximum atomic E-state index is 12.6. The summed E-state index contributed by atoms with van der Waals surface area (Å²) >= 11 is 0. The molecule has 0 radical (unpaired) electrons. The Morgan fingerprint density at radius 1 is 0.580 bits per heavy atom. The number of ether oxygens (including phenoxy) is 3. The van der Waals surface area contributed by atoms with E-state index in [1.807, 2.05) is 24.3 Å². The van der Waals surface area contributed by atoms with Gasteiger partial charge in [-0.15, -0.1) is 0 Å². The van der Waals surface area contributed by atoms with Crippen LogP contribution in [0.15, 0.2) is 97.2 Å². The molecule has 280 valence electrons. The van der Waals surface area contributed by atoms with Crippen LogP contribution in [0.25, 0.3) is 0 Å². The van der Waals surface area contributed by atoms with Gasteiger partial charge >= 0.3 is 11.9 Å². The maximum Gasteiger partial charge on any atom is 0.306 e. The van der Waals surface area contributed by atoms with E-state index in [1.54, 1.807) is 21.1 Å². The van der Waals surface area contributed by atoms with Crippen LogP contribution in [0.1, 0.15) is 97.3 Å². The fraction of sp³-hybridized carbons (Fsp3) is 0.548. The number of rotatable bonds is 30. The van der Waals surface area contributed by atoms with Crippen LogP contribution in [-0.4, -0.2) is 75.5 Å². The van der Waals surface area contributed by atoms with E-state index >= 15 is 0 Å². The van der Waals surface area contributed by atoms with Gasteiger partial charge in [0, 0.05) is 19.3 Å². The second kappa shape index (κ2) is 32.5. The van der Waals surface area contributed by atoms with Crippen LogP contribution < -0.4 is 5.11 Å². The van der Waals surface area contributed by atoms with Crippen LogP contribution in [0, 0.1) is 0 Å². The highest BCUT2D eigenvalue weighted by Gasteiger charge is 2.25. The minimum Gasteiger partial charge on any atom is -0.544 e. The van der Waals surface area contributed by atoms with Crippen molar-refractivity contribution in [3.63, 3.8) is 0 Å². The first-order valence-electron chi connectivity index (χ1n) is 18.3. The number of nitrogens with zero attached hydrogens (tertiary/aromatic N) is 1. The molecule has 50 heavy (non-hydrogen) atoms. The van der Waals surface area contributed by atoms with Crippen molar-refractivity contribution in [2.24, 2.45) is 0 Å². The highest BCUT2D eigenvalue weighted by molar-refractivity contribution is 5.70. The Bertz CT molecular complexity index is 1140. The fourth-order valence-electron chi connectivity index (χ4n) is 4.45. The lowest BCUT2D eigenvalue weighted by atomic mass is 10.1. The number of carboxylic acid groups (broad SMARTS) is 1. The lowest BCUT2D eigenvalue weighted by molar-refractivity contribution is -0.889. The Morgan fingerprint density at radius 3 is 1.38 bits per heavy atom. The highest BCUT2D eigenvalue weighted by Crippen LogP contribution is 2.09. The first-order chi connectivity index (χ1) is 24.1. The zero-order valence-electron chi connectivity index (χ0n) is 31.5. The molecule has 0 saturated carbocycles. The van der Waals surface area contributed by atoms with Gasteiger partial charge in [0.2, 0.25) is 0 Å². The molecule has 8 nitrogen and oxygen atoms in total. The highest BCUT2D eigenvalue weighted by atomic mass is 16.6. The molecule has 0 fully saturated rings. The van der Waals surface area contributed by atoms with Gasteiger partial charge < -0.3 is 28.6 Å². The number of carbonyl (C=O) groups excluding carboxylic acids is 3. The molecule has 0 amide bonds. The summed E-state index contributed by atoms with van der Waals surface area (Å²) in [6.07, 6.45) is 42.1. The Hall–Kier alpha value is -3.75. The summed E-state index contributed by atoms with van der Waals surface area (Å²) in [7, 11) is 5.33. The fourth-order valence-corrected chi connectivity index (χ4v) is 4.45. The van der Waals surface area contributed by atoms with E-state index in [9.17, 15) is 19.5 Å². The smallest absolute Gasteiger partial charge is 0.306 e. The third-order valence-corrected chi connectivity index (χ3v) is 7.24. The van der Waals surface area contributed by atoms with Crippen LogP contribution in [0.5, 0.6) is 0 Å². The van der Waals surface area contributed by atoms with Gasteiger partial charge in [0.15, 0.2) is 6.10 Å². The largest absolute Gasteiger partial charge is 0.544 e. The van der Waals surface area contributed by atoms with Gasteiger partial charge in [-0.25, -0.2) is 0 Å². The zero-order valence-corrected chi connectivity index (χ0v) is 31.5. The molecule has 0 bridgehead atoms. The number of allylic oxidation sites excluding steroid dienone is 16. The van der Waals surface area contributed by atoms with Crippen molar-refractivity contribution in [3.05, 3.63) is 97.2 Å². The molecule has 2 unspecified atom stereocenters. The second-order valence-electron chi connectivity index (χ2n) is 12.7. The molecular weight excluding hydrogens is 630 g/mol. The number of likely N-dealkylation sites (N-methyl/N-ethyl adjacent to an activating group) is 1. The Balaban J connectivity index is 4.58. The molecule has 0 spiro atoms. The summed E-state index contributed by atoms with van der Waals surface area (Å²) in [5.41, 5.74) is 0. The second-order valence-corrected chi connectivity index (χ2v) is 12.7. The Kier molecular flexibility index (Phi) is 30.0. The Morgan fingerprint density at radius 2 is 0.980 bits per heavy atom. The molecule has 0 aliphatic heterocycles. The number of quaternary nitrogens is 1. The monoisotopic (exact) mass is 695 g/mol. The molecule has 8 heteroatoms. The van der Waals surface area contributed by atoms with Gasteiger partial charge in [-0.3, -0.25) is 9.59 Å². The van der Waals surface area contributed by atoms with Crippen LogP contribution in [-0.2, 0) is 28.6 Å². The van der Waals surface area contributed by atoms with Crippen LogP contribution >= 0.6 is 0 Å². The molecular formula is C42H65NO7. The first kappa shape index (κ1) is 46.2. The number of aliphatic carboxylic acids is 1. The third-order valence-electron chi connectivity index (χ3n) is 7.24. The number of hydrogen-bond acceptors (Lipinski definition) is 7. The van der Waals surface area contributed by atoms with Gasteiger partial charge in [-0.05, 0) is 64.2 Å². The summed E-state index contributed by atoms with van der Waals surface area (Å²) in [6, 6.07) is -0.749. The van der Waals surface area contributed by atoms with Crippen molar-refractivity contribution in [2.75, 3.05) is 41.0 Å². The quantitative estimate of drug-likeness (QED) is 0.0327. The van der Waals surface area contributed by atoms with E-state index in [4.69, 9.17) is 14.2 Å². The topological polar surface area (TPSA) is 102 Å². The standard InChI is InChI=1S/C42H65NO7/c1-6-8-10-12-14-15-16-17-18-19-20-21-22-23-24-25-27-29-31-33-41(45)50-38(36-48-35-34-39(42(46)47)43(3,4)5)37-49-40(44)32-30-28-26-13-11-9-7-2/h8-11,14-15,17-18,20-21,23-24,26-29,38-39H,6-7,12-13,16,19,22,25,30-37H2,1-5H3/b10-8+,11-9+,15-14+,18-17+,21-20+,24-23+,28-26+,29-27+. The van der Waals surface area contributed by atoms with Crippen molar-refractivity contribution in [2.45, 2.75) is 109 Å². The van der Waals surface area contributed by atoms with Crippen molar-refractivity contribution in [3.8, 4) is 0 Å². The summed E-state index contributed by atoms with van der Waals surface area (Å²) in [4.78, 5) is 36.4. The lowest BCUT2D eigenvalue weighted by Gasteiger charge is -2.34. The number of carboxylic acids is 1. The van der Waals surface area contributed by atoms with Crippen LogP contribution in [0.3, 0.4) is 0 Å². The summed E-state index contributed by atoms with van der Waals surface area (Å²) < 4.78 is 16.8. The van der Waals surface area contributed by atoms with E-state index in [0.29, 0.717) is 12.8 Å². The molecule has 0 aromatic rings. The van der Waals surface area contributed by atoms with Crippen molar-refractivity contribution in [1.29, 1.82) is 0 Å². The molecule has 0 N–H and O–H groups in total. The summed E-state index contributed by atoms with van der Waals surface area (Å²) in [6.45, 7) is 4.20. The Labute approximate surface area is 303 Å². The van der Waals surface area contributed by atoms with Crippen molar-refractivity contribution in [1.82, 2.24) is 0 Å². The van der Waals surface area contributed by atoms with E-state index in [2.05, 4.69) is 86.8 Å². The number of esters is 2. The first-order valence-corrected chi connectivity index (χ1v) is 18.3. The van der Waals surface area contributed by atoms with Crippen molar-refractivity contribution < 1.29 is 38.2 Å². The molecule has 0 aliphatic rings. The minimum absolute atomic E-state index is 0.0144. The van der Waals surface area contributed by atoms with E-state index < -0.39 is 24.1 Å². The molecule has 0 aromatic heterocycles. The van der Waals surface area contributed by atoms with Crippen LogP contribution in [0.4, 0.5) is 0 Å². The number of carbonyl (C=O) groups is 3. The predicted octanol–water partition coefficient (Wildman–Crippen LogP) is 7.84. The summed E-state index contributed by atoms with van der Waals surface area (Å²) in [5.74, 6) is -1.96. The SMILES string of the molecule is CC/C=C/C/C=C/C/C=C/C/C=C/C/C=C/C/C=C/CCC(=O)OC(COCCC(C(=O)[O-])[N+](C)(C)C)COC(=O)CC/C=C/C/C=C/CC. The maximum absolute atomic E-state index is 12.6. The molecule has 0 saturated heterocycles. The summed E-state index contributed by atoms with van der Waals surface area (Å²) in [5, 5.41) is 11.5. The van der Waals surface area contributed by atoms with E-state index in [-0.39, 0.29) is 49.5 Å². The van der Waals surface area contributed by atoms with Gasteiger partial charge in [0.1, 0.15) is 12.6 Å². The minimum atomic E-state index is -1.15. The molecule has 0 aliphatic carbocycles. The van der Waals surface area contributed by atoms with Gasteiger partial charge in [0.25, 0.3) is 0 Å². The average molecular weight is 696 g/mol. The molecule has 0 heterocycles. The molecule has 2 atom stereocenters. The van der Waals surface area contributed by atoms with Crippen molar-refractivity contribution >= 4 is 17.9 Å². The molecule has 0 aromatic carbocycles. The van der Waals surface area contributed by atoms with Gasteiger partial charge in [-0.2, -0.15) is 0 Å². The van der Waals surface area contributed by atoms with E-state index in [1.165, 1.54) is 0 Å². The van der Waals surface area contributed by atoms with Crippen LogP contribution in [0.2, 0.25) is 0 Å². The molecule has 0 rings (SSSR count). The lowest BCUT2D eigenvalue weighted by Crippen LogP contribution is -2.55. The van der Waals surface area contributed by atoms with Gasteiger partial charge in [-0.1, -0.05) is 111 Å². The predicted molar refractivity (Wildman–Crippen MR) is 203 cm³/mol.